The number of nitrogens with zero attached hydrogens (tertiary/aromatic N) is 3. The number of aromatic nitrogens is 2. The van der Waals surface area contributed by atoms with Crippen molar-refractivity contribution in [2.45, 2.75) is 20.3 Å². The molecule has 0 radical (unpaired) electrons. The highest BCUT2D eigenvalue weighted by Crippen LogP contribution is 2.41. The minimum atomic E-state index is 0.0104. The zero-order valence-electron chi connectivity index (χ0n) is 14.8. The SMILES string of the molecule is Cc1cc(C(=O)N2CC3(COc4ccccc4C3)C2)c2c(C)noc2n1. The van der Waals surface area contributed by atoms with Gasteiger partial charge in [0.2, 0.25) is 0 Å². The maximum Gasteiger partial charge on any atom is 0.258 e. The van der Waals surface area contributed by atoms with Crippen molar-refractivity contribution < 1.29 is 14.1 Å². The van der Waals surface area contributed by atoms with E-state index in [1.807, 2.05) is 43.0 Å². The maximum atomic E-state index is 13.1. The van der Waals surface area contributed by atoms with Gasteiger partial charge in [-0.1, -0.05) is 23.4 Å². The summed E-state index contributed by atoms with van der Waals surface area (Å²) in [6, 6.07) is 9.97. The van der Waals surface area contributed by atoms with Crippen LogP contribution in [0.5, 0.6) is 5.75 Å². The van der Waals surface area contributed by atoms with Crippen LogP contribution >= 0.6 is 0 Å². The largest absolute Gasteiger partial charge is 0.493 e. The second-order valence-electron chi connectivity index (χ2n) is 7.49. The molecule has 0 N–H and O–H groups in total. The van der Waals surface area contributed by atoms with Crippen molar-refractivity contribution in [1.29, 1.82) is 0 Å². The van der Waals surface area contributed by atoms with Gasteiger partial charge in [0.25, 0.3) is 11.6 Å². The van der Waals surface area contributed by atoms with E-state index in [1.165, 1.54) is 5.56 Å². The summed E-state index contributed by atoms with van der Waals surface area (Å²) in [7, 11) is 0. The van der Waals surface area contributed by atoms with E-state index >= 15 is 0 Å². The van der Waals surface area contributed by atoms with Gasteiger partial charge in [0, 0.05) is 24.2 Å². The second-order valence-corrected chi connectivity index (χ2v) is 7.49. The van der Waals surface area contributed by atoms with Gasteiger partial charge in [-0.25, -0.2) is 4.98 Å². The molecule has 4 heterocycles. The van der Waals surface area contributed by atoms with E-state index < -0.39 is 0 Å². The van der Waals surface area contributed by atoms with E-state index in [-0.39, 0.29) is 11.3 Å². The van der Waals surface area contributed by atoms with Crippen molar-refractivity contribution in [2.24, 2.45) is 5.41 Å². The number of carbonyl (C=O) groups is 1. The van der Waals surface area contributed by atoms with Crippen LogP contribution in [0.25, 0.3) is 11.1 Å². The number of fused-ring (bicyclic) bond motifs is 2. The fourth-order valence-electron chi connectivity index (χ4n) is 4.14. The third-order valence-corrected chi connectivity index (χ3v) is 5.39. The molecule has 2 aliphatic heterocycles. The fraction of sp³-hybridized carbons (Fsp3) is 0.350. The van der Waals surface area contributed by atoms with Crippen LogP contribution in [0, 0.1) is 19.3 Å². The minimum Gasteiger partial charge on any atom is -0.493 e. The van der Waals surface area contributed by atoms with E-state index in [4.69, 9.17) is 9.26 Å². The summed E-state index contributed by atoms with van der Waals surface area (Å²) in [5.74, 6) is 0.978. The summed E-state index contributed by atoms with van der Waals surface area (Å²) >= 11 is 0. The number of pyridine rings is 1. The first-order valence-corrected chi connectivity index (χ1v) is 8.78. The molecule has 2 aliphatic rings. The van der Waals surface area contributed by atoms with Crippen LogP contribution in [0.15, 0.2) is 34.9 Å². The maximum absolute atomic E-state index is 13.1. The van der Waals surface area contributed by atoms with E-state index in [1.54, 1.807) is 0 Å². The average Bonchev–Trinajstić information content (AvgIpc) is 2.98. The van der Waals surface area contributed by atoms with Crippen molar-refractivity contribution in [3.63, 3.8) is 0 Å². The number of rotatable bonds is 1. The van der Waals surface area contributed by atoms with Crippen LogP contribution in [0.2, 0.25) is 0 Å². The molecule has 3 aromatic rings. The van der Waals surface area contributed by atoms with Crippen LogP contribution in [0.4, 0.5) is 0 Å². The number of hydrogen-bond acceptors (Lipinski definition) is 5. The number of para-hydroxylation sites is 1. The van der Waals surface area contributed by atoms with Crippen molar-refractivity contribution in [1.82, 2.24) is 15.0 Å². The standard InChI is InChI=1S/C20H19N3O3/c1-12-7-15(17-13(2)22-26-18(17)21-12)19(24)23-9-20(10-23)8-14-5-3-4-6-16(14)25-11-20/h3-7H,8-11H2,1-2H3. The summed E-state index contributed by atoms with van der Waals surface area (Å²) in [6.45, 7) is 5.76. The molecular formula is C20H19N3O3. The lowest BCUT2D eigenvalue weighted by Gasteiger charge is -2.51. The molecule has 0 saturated carbocycles. The molecule has 0 unspecified atom stereocenters. The normalized spacial score (nSPS) is 17.7. The van der Waals surface area contributed by atoms with Gasteiger partial charge in [-0.15, -0.1) is 0 Å². The van der Waals surface area contributed by atoms with Crippen LogP contribution in [0.1, 0.15) is 27.3 Å². The third kappa shape index (κ3) is 2.21. The van der Waals surface area contributed by atoms with E-state index in [9.17, 15) is 4.79 Å². The van der Waals surface area contributed by atoms with Crippen molar-refractivity contribution in [2.75, 3.05) is 19.7 Å². The molecule has 5 rings (SSSR count). The summed E-state index contributed by atoms with van der Waals surface area (Å²) in [5, 5.41) is 4.68. The fourth-order valence-corrected chi connectivity index (χ4v) is 4.14. The molecular weight excluding hydrogens is 330 g/mol. The van der Waals surface area contributed by atoms with Crippen molar-refractivity contribution in [3.8, 4) is 5.75 Å². The van der Waals surface area contributed by atoms with Gasteiger partial charge in [0.1, 0.15) is 5.75 Å². The van der Waals surface area contributed by atoms with Gasteiger partial charge in [0.05, 0.1) is 23.3 Å². The van der Waals surface area contributed by atoms with Gasteiger partial charge >= 0.3 is 0 Å². The molecule has 0 aliphatic carbocycles. The van der Waals surface area contributed by atoms with Gasteiger partial charge < -0.3 is 14.2 Å². The lowest BCUT2D eigenvalue weighted by molar-refractivity contribution is -0.0289. The van der Waals surface area contributed by atoms with E-state index in [2.05, 4.69) is 16.2 Å². The molecule has 132 valence electrons. The summed E-state index contributed by atoms with van der Waals surface area (Å²) in [4.78, 5) is 19.3. The van der Waals surface area contributed by atoms with Gasteiger partial charge in [-0.2, -0.15) is 0 Å². The number of ether oxygens (including phenoxy) is 1. The molecule has 1 saturated heterocycles. The van der Waals surface area contributed by atoms with Crippen molar-refractivity contribution in [3.05, 3.63) is 52.8 Å². The van der Waals surface area contributed by atoms with Crippen LogP contribution < -0.4 is 4.74 Å². The Bertz CT molecular complexity index is 1030. The molecule has 2 aromatic heterocycles. The monoisotopic (exact) mass is 349 g/mol. The average molecular weight is 349 g/mol. The smallest absolute Gasteiger partial charge is 0.258 e. The number of benzene rings is 1. The van der Waals surface area contributed by atoms with Crippen LogP contribution in [0.3, 0.4) is 0 Å². The highest BCUT2D eigenvalue weighted by Gasteiger charge is 2.48. The Morgan fingerprint density at radius 2 is 2.04 bits per heavy atom. The number of amides is 1. The highest BCUT2D eigenvalue weighted by atomic mass is 16.5. The summed E-state index contributed by atoms with van der Waals surface area (Å²) in [5.41, 5.74) is 3.75. The Labute approximate surface area is 150 Å². The van der Waals surface area contributed by atoms with Crippen LogP contribution in [-0.2, 0) is 6.42 Å². The molecule has 1 fully saturated rings. The van der Waals surface area contributed by atoms with Gasteiger partial charge in [-0.3, -0.25) is 4.79 Å². The minimum absolute atomic E-state index is 0.0104. The number of hydrogen-bond donors (Lipinski definition) is 0. The predicted molar refractivity (Wildman–Crippen MR) is 95.3 cm³/mol. The number of aryl methyl sites for hydroxylation is 2. The molecule has 6 nitrogen and oxygen atoms in total. The number of carbonyl (C=O) groups excluding carboxylic acids is 1. The van der Waals surface area contributed by atoms with Gasteiger partial charge in [0.15, 0.2) is 0 Å². The topological polar surface area (TPSA) is 68.5 Å². The molecule has 0 atom stereocenters. The Morgan fingerprint density at radius 1 is 1.23 bits per heavy atom. The first-order chi connectivity index (χ1) is 12.5. The lowest BCUT2D eigenvalue weighted by atomic mass is 9.73. The van der Waals surface area contributed by atoms with E-state index in [0.717, 1.165) is 17.9 Å². The first-order valence-electron chi connectivity index (χ1n) is 8.78. The van der Waals surface area contributed by atoms with E-state index in [0.29, 0.717) is 42.1 Å². The zero-order valence-corrected chi connectivity index (χ0v) is 14.8. The molecule has 1 spiro atoms. The lowest BCUT2D eigenvalue weighted by Crippen LogP contribution is -2.62. The molecule has 0 bridgehead atoms. The Hall–Kier alpha value is -2.89. The Balaban J connectivity index is 1.41. The first kappa shape index (κ1) is 15.4. The molecule has 1 amide bonds. The van der Waals surface area contributed by atoms with Crippen LogP contribution in [-0.4, -0.2) is 40.6 Å². The summed E-state index contributed by atoms with van der Waals surface area (Å²) < 4.78 is 11.2. The second kappa shape index (κ2) is 5.30. The third-order valence-electron chi connectivity index (χ3n) is 5.39. The quantitative estimate of drug-likeness (QED) is 0.676. The van der Waals surface area contributed by atoms with Gasteiger partial charge in [-0.05, 0) is 38.0 Å². The molecule has 6 heteroatoms. The Morgan fingerprint density at radius 3 is 2.88 bits per heavy atom. The van der Waals surface area contributed by atoms with Crippen molar-refractivity contribution >= 4 is 17.0 Å². The zero-order chi connectivity index (χ0) is 17.9. The molecule has 26 heavy (non-hydrogen) atoms. The Kier molecular flexibility index (Phi) is 3.13. The number of likely N-dealkylation sites (tertiary alicyclic amines) is 1. The highest BCUT2D eigenvalue weighted by molar-refractivity contribution is 6.06. The summed E-state index contributed by atoms with van der Waals surface area (Å²) in [6.07, 6.45) is 0.948. The molecule has 1 aromatic carbocycles. The predicted octanol–water partition coefficient (Wildman–Crippen LogP) is 2.92.